The molecule has 1 aliphatic rings. The van der Waals surface area contributed by atoms with Gasteiger partial charge in [0.15, 0.2) is 5.17 Å². The SMILES string of the molecule is Cc1ccc(-n2c(C)cc(/C=C3\S/C(=N/c4nc(C)c(C)s4)NC3=O)c2C)cc1. The summed E-state index contributed by atoms with van der Waals surface area (Å²) in [5, 5.41) is 4.09. The number of thioether (sulfide) groups is 1. The Kier molecular flexibility index (Phi) is 5.19. The van der Waals surface area contributed by atoms with Crippen LogP contribution in [0, 0.1) is 34.6 Å². The van der Waals surface area contributed by atoms with Gasteiger partial charge in [-0.25, -0.2) is 4.98 Å². The van der Waals surface area contributed by atoms with Crippen LogP contribution in [-0.2, 0) is 4.79 Å². The molecule has 0 unspecified atom stereocenters. The van der Waals surface area contributed by atoms with E-state index in [1.165, 1.54) is 28.7 Å². The Morgan fingerprint density at radius 1 is 1.10 bits per heavy atom. The number of carbonyl (C=O) groups is 1. The van der Waals surface area contributed by atoms with Crippen LogP contribution < -0.4 is 5.32 Å². The van der Waals surface area contributed by atoms with Crippen LogP contribution >= 0.6 is 23.1 Å². The molecular weight excluding hydrogens is 400 g/mol. The van der Waals surface area contributed by atoms with E-state index in [1.54, 1.807) is 0 Å². The third-order valence-corrected chi connectivity index (χ3v) is 6.79. The number of rotatable bonds is 3. The zero-order valence-corrected chi connectivity index (χ0v) is 18.7. The van der Waals surface area contributed by atoms with Crippen molar-refractivity contribution in [1.29, 1.82) is 0 Å². The molecule has 0 radical (unpaired) electrons. The largest absolute Gasteiger partial charge is 0.318 e. The molecule has 1 fully saturated rings. The number of nitrogens with zero attached hydrogens (tertiary/aromatic N) is 3. The lowest BCUT2D eigenvalue weighted by atomic mass is 10.2. The highest BCUT2D eigenvalue weighted by atomic mass is 32.2. The van der Waals surface area contributed by atoms with Crippen molar-refractivity contribution in [2.75, 3.05) is 0 Å². The molecule has 1 aromatic carbocycles. The van der Waals surface area contributed by atoms with Crippen LogP contribution in [0.25, 0.3) is 11.8 Å². The van der Waals surface area contributed by atoms with Gasteiger partial charge in [0, 0.05) is 22.0 Å². The zero-order chi connectivity index (χ0) is 20.7. The van der Waals surface area contributed by atoms with Crippen LogP contribution in [0.3, 0.4) is 0 Å². The summed E-state index contributed by atoms with van der Waals surface area (Å²) in [6.07, 6.45) is 1.94. The van der Waals surface area contributed by atoms with E-state index in [4.69, 9.17) is 0 Å². The molecule has 1 N–H and O–H groups in total. The summed E-state index contributed by atoms with van der Waals surface area (Å²) >= 11 is 2.88. The number of thiazole rings is 1. The van der Waals surface area contributed by atoms with Gasteiger partial charge < -0.3 is 9.88 Å². The van der Waals surface area contributed by atoms with Gasteiger partial charge in [-0.2, -0.15) is 4.99 Å². The number of amides is 1. The molecule has 148 valence electrons. The Morgan fingerprint density at radius 2 is 1.83 bits per heavy atom. The maximum Gasteiger partial charge on any atom is 0.264 e. The first kappa shape index (κ1) is 19.7. The van der Waals surface area contributed by atoms with E-state index >= 15 is 0 Å². The van der Waals surface area contributed by atoms with Crippen LogP contribution in [0.15, 0.2) is 40.2 Å². The summed E-state index contributed by atoms with van der Waals surface area (Å²) in [5.74, 6) is -0.126. The molecule has 29 heavy (non-hydrogen) atoms. The highest BCUT2D eigenvalue weighted by Gasteiger charge is 2.25. The predicted octanol–water partition coefficient (Wildman–Crippen LogP) is 5.37. The highest BCUT2D eigenvalue weighted by Crippen LogP contribution is 2.32. The van der Waals surface area contributed by atoms with Gasteiger partial charge in [0.25, 0.3) is 5.91 Å². The molecule has 0 aliphatic carbocycles. The average Bonchev–Trinajstić information content (AvgIpc) is 3.26. The van der Waals surface area contributed by atoms with Crippen LogP contribution in [0.1, 0.15) is 33.1 Å². The minimum absolute atomic E-state index is 0.126. The van der Waals surface area contributed by atoms with Crippen LogP contribution in [-0.4, -0.2) is 20.6 Å². The Bertz CT molecular complexity index is 1150. The molecule has 1 saturated heterocycles. The van der Waals surface area contributed by atoms with Crippen molar-refractivity contribution < 1.29 is 4.79 Å². The van der Waals surface area contributed by atoms with Crippen molar-refractivity contribution in [2.24, 2.45) is 4.99 Å². The second kappa shape index (κ2) is 7.65. The maximum atomic E-state index is 12.5. The zero-order valence-electron chi connectivity index (χ0n) is 17.0. The minimum Gasteiger partial charge on any atom is -0.318 e. The molecule has 0 spiro atoms. The first-order chi connectivity index (χ1) is 13.8. The smallest absolute Gasteiger partial charge is 0.264 e. The molecule has 3 aromatic rings. The molecule has 7 heteroatoms. The lowest BCUT2D eigenvalue weighted by molar-refractivity contribution is -0.115. The van der Waals surface area contributed by atoms with Crippen LogP contribution in [0.2, 0.25) is 0 Å². The average molecular weight is 423 g/mol. The topological polar surface area (TPSA) is 59.3 Å². The summed E-state index contributed by atoms with van der Waals surface area (Å²) in [6, 6.07) is 10.6. The molecule has 0 saturated carbocycles. The predicted molar refractivity (Wildman–Crippen MR) is 122 cm³/mol. The molecule has 2 aromatic heterocycles. The Hall–Kier alpha value is -2.64. The first-order valence-electron chi connectivity index (χ1n) is 9.31. The number of aryl methyl sites for hydroxylation is 4. The molecule has 4 rings (SSSR count). The van der Waals surface area contributed by atoms with Gasteiger partial charge in [-0.15, -0.1) is 0 Å². The number of benzene rings is 1. The van der Waals surface area contributed by atoms with Gasteiger partial charge >= 0.3 is 0 Å². The van der Waals surface area contributed by atoms with E-state index in [1.807, 2.05) is 19.9 Å². The monoisotopic (exact) mass is 422 g/mol. The number of aliphatic imine (C=N–C) groups is 1. The second-order valence-corrected chi connectivity index (χ2v) is 9.33. The summed E-state index contributed by atoms with van der Waals surface area (Å²) in [5.41, 5.74) is 6.59. The highest BCUT2D eigenvalue weighted by molar-refractivity contribution is 8.18. The van der Waals surface area contributed by atoms with E-state index in [0.29, 0.717) is 15.2 Å². The molecular formula is C22H22N4OS2. The standard InChI is InChI=1S/C22H22N4OS2/c1-12-6-8-18(9-7-12)26-13(2)10-17(15(26)4)11-19-20(27)24-22(29-19)25-21-23-14(3)16(5)28-21/h6-11H,1-5H3,(H,23,24,25,27)/b19-11-. The van der Waals surface area contributed by atoms with Gasteiger partial charge in [0.1, 0.15) is 0 Å². The summed E-state index contributed by atoms with van der Waals surface area (Å²) in [4.78, 5) is 23.1. The summed E-state index contributed by atoms with van der Waals surface area (Å²) in [6.45, 7) is 10.2. The molecule has 0 atom stereocenters. The summed E-state index contributed by atoms with van der Waals surface area (Å²) < 4.78 is 2.21. The van der Waals surface area contributed by atoms with E-state index in [9.17, 15) is 4.79 Å². The van der Waals surface area contributed by atoms with Gasteiger partial charge in [-0.1, -0.05) is 29.0 Å². The number of nitrogens with one attached hydrogen (secondary N) is 1. The maximum absolute atomic E-state index is 12.5. The normalized spacial score (nSPS) is 16.8. The van der Waals surface area contributed by atoms with E-state index in [2.05, 4.69) is 71.0 Å². The van der Waals surface area contributed by atoms with E-state index in [-0.39, 0.29) is 5.91 Å². The van der Waals surface area contributed by atoms with Gasteiger partial charge in [-0.05, 0) is 76.2 Å². The Morgan fingerprint density at radius 3 is 2.48 bits per heavy atom. The lowest BCUT2D eigenvalue weighted by Gasteiger charge is -2.10. The minimum atomic E-state index is -0.126. The van der Waals surface area contributed by atoms with Crippen LogP contribution in [0.5, 0.6) is 0 Å². The molecule has 0 bridgehead atoms. The number of carbonyl (C=O) groups excluding carboxylic acids is 1. The van der Waals surface area contributed by atoms with Crippen LogP contribution in [0.4, 0.5) is 5.13 Å². The van der Waals surface area contributed by atoms with Crippen molar-refractivity contribution in [2.45, 2.75) is 34.6 Å². The lowest BCUT2D eigenvalue weighted by Crippen LogP contribution is -2.19. The fourth-order valence-corrected chi connectivity index (χ4v) is 4.90. The van der Waals surface area contributed by atoms with Crippen molar-refractivity contribution in [3.8, 4) is 5.69 Å². The number of amidine groups is 1. The van der Waals surface area contributed by atoms with E-state index < -0.39 is 0 Å². The molecule has 1 aliphatic heterocycles. The molecule has 5 nitrogen and oxygen atoms in total. The van der Waals surface area contributed by atoms with E-state index in [0.717, 1.165) is 33.2 Å². The fourth-order valence-electron chi connectivity index (χ4n) is 3.24. The van der Waals surface area contributed by atoms with Crippen molar-refractivity contribution in [1.82, 2.24) is 14.9 Å². The second-order valence-electron chi connectivity index (χ2n) is 7.12. The Labute approximate surface area is 178 Å². The fraction of sp³-hybridized carbons (Fsp3) is 0.227. The summed E-state index contributed by atoms with van der Waals surface area (Å²) in [7, 11) is 0. The molecule has 3 heterocycles. The van der Waals surface area contributed by atoms with Gasteiger partial charge in [-0.3, -0.25) is 4.79 Å². The van der Waals surface area contributed by atoms with Gasteiger partial charge in [0.2, 0.25) is 5.13 Å². The van der Waals surface area contributed by atoms with Crippen molar-refractivity contribution in [3.63, 3.8) is 0 Å². The quantitative estimate of drug-likeness (QED) is 0.578. The third kappa shape index (κ3) is 3.93. The van der Waals surface area contributed by atoms with Crippen molar-refractivity contribution in [3.05, 3.63) is 68.3 Å². The number of hydrogen-bond acceptors (Lipinski definition) is 5. The molecule has 1 amide bonds. The Balaban J connectivity index is 1.64. The first-order valence-corrected chi connectivity index (χ1v) is 10.9. The number of hydrogen-bond donors (Lipinski definition) is 1. The third-order valence-electron chi connectivity index (χ3n) is 4.91. The van der Waals surface area contributed by atoms with Gasteiger partial charge in [0.05, 0.1) is 10.6 Å². The van der Waals surface area contributed by atoms with Crippen molar-refractivity contribution >= 4 is 45.4 Å². The number of aromatic nitrogens is 2.